The standard InChI is InChI=1S/C20H32N4O/c1-14(2)23-10-7-17(8-11-23)24-9-3-4-16(13-24)18-12-19(25)22-20(21-18)15-5-6-15/h12,14-17H,3-11,13H2,1-2H3,(H,21,22,25). The molecule has 0 amide bonds. The molecule has 1 aromatic heterocycles. The molecule has 1 N–H and O–H groups in total. The Morgan fingerprint density at radius 3 is 2.52 bits per heavy atom. The van der Waals surface area contributed by atoms with Crippen LogP contribution in [-0.4, -0.2) is 58.0 Å². The lowest BCUT2D eigenvalue weighted by Crippen LogP contribution is -2.49. The highest BCUT2D eigenvalue weighted by atomic mass is 16.1. The largest absolute Gasteiger partial charge is 0.310 e. The summed E-state index contributed by atoms with van der Waals surface area (Å²) < 4.78 is 0. The summed E-state index contributed by atoms with van der Waals surface area (Å²) in [7, 11) is 0. The van der Waals surface area contributed by atoms with Crippen molar-refractivity contribution in [2.45, 2.75) is 76.3 Å². The first-order valence-electron chi connectivity index (χ1n) is 10.2. The van der Waals surface area contributed by atoms with E-state index in [0.717, 1.165) is 18.1 Å². The number of rotatable bonds is 4. The van der Waals surface area contributed by atoms with E-state index in [0.29, 0.717) is 23.9 Å². The van der Waals surface area contributed by atoms with E-state index in [1.807, 2.05) is 0 Å². The van der Waals surface area contributed by atoms with Gasteiger partial charge in [0.1, 0.15) is 5.82 Å². The smallest absolute Gasteiger partial charge is 0.251 e. The molecule has 1 unspecified atom stereocenters. The minimum absolute atomic E-state index is 0.0364. The number of H-pyrrole nitrogens is 1. The summed E-state index contributed by atoms with van der Waals surface area (Å²) in [5.41, 5.74) is 1.07. The zero-order valence-corrected chi connectivity index (χ0v) is 15.7. The number of likely N-dealkylation sites (tertiary alicyclic amines) is 2. The van der Waals surface area contributed by atoms with Gasteiger partial charge in [-0.15, -0.1) is 0 Å². The summed E-state index contributed by atoms with van der Waals surface area (Å²) in [6, 6.07) is 3.13. The molecule has 1 aliphatic carbocycles. The first-order chi connectivity index (χ1) is 12.1. The molecule has 3 heterocycles. The van der Waals surface area contributed by atoms with Crippen molar-refractivity contribution < 1.29 is 0 Å². The van der Waals surface area contributed by atoms with Crippen LogP contribution in [0.5, 0.6) is 0 Å². The Labute approximate surface area is 150 Å². The normalized spacial score (nSPS) is 27.1. The maximum atomic E-state index is 12.1. The first-order valence-corrected chi connectivity index (χ1v) is 10.2. The van der Waals surface area contributed by atoms with E-state index in [1.165, 1.54) is 58.2 Å². The SMILES string of the molecule is CC(C)N1CCC(N2CCCC(c3cc(=O)[nH]c(C4CC4)n3)C2)CC1. The van der Waals surface area contributed by atoms with Gasteiger partial charge in [0, 0.05) is 36.5 Å². The lowest BCUT2D eigenvalue weighted by atomic mass is 9.91. The Morgan fingerprint density at radius 1 is 1.08 bits per heavy atom. The Hall–Kier alpha value is -1.20. The number of aromatic amines is 1. The monoisotopic (exact) mass is 344 g/mol. The minimum atomic E-state index is 0.0364. The van der Waals surface area contributed by atoms with Crippen LogP contribution in [0.4, 0.5) is 0 Å². The highest BCUT2D eigenvalue weighted by Gasteiger charge is 2.32. The van der Waals surface area contributed by atoms with E-state index in [9.17, 15) is 4.79 Å². The van der Waals surface area contributed by atoms with Gasteiger partial charge in [-0.1, -0.05) is 0 Å². The fourth-order valence-corrected chi connectivity index (χ4v) is 4.60. The Bertz CT molecular complexity index is 643. The van der Waals surface area contributed by atoms with Crippen LogP contribution in [0, 0.1) is 0 Å². The highest BCUT2D eigenvalue weighted by Crippen LogP contribution is 2.38. The first kappa shape index (κ1) is 17.2. The van der Waals surface area contributed by atoms with Crippen molar-refractivity contribution in [2.75, 3.05) is 26.2 Å². The topological polar surface area (TPSA) is 52.2 Å². The van der Waals surface area contributed by atoms with E-state index in [1.54, 1.807) is 6.07 Å². The molecule has 0 spiro atoms. The van der Waals surface area contributed by atoms with Crippen molar-refractivity contribution in [3.8, 4) is 0 Å². The van der Waals surface area contributed by atoms with E-state index in [4.69, 9.17) is 4.98 Å². The predicted octanol–water partition coefficient (Wildman–Crippen LogP) is 2.70. The van der Waals surface area contributed by atoms with Crippen molar-refractivity contribution in [2.24, 2.45) is 0 Å². The molecule has 2 saturated heterocycles. The van der Waals surface area contributed by atoms with Gasteiger partial charge in [-0.2, -0.15) is 0 Å². The zero-order chi connectivity index (χ0) is 17.4. The molecular formula is C20H32N4O. The Kier molecular flexibility index (Phi) is 4.96. The van der Waals surface area contributed by atoms with Gasteiger partial charge in [-0.25, -0.2) is 4.98 Å². The second kappa shape index (κ2) is 7.20. The third kappa shape index (κ3) is 3.98. The van der Waals surface area contributed by atoms with E-state index < -0.39 is 0 Å². The van der Waals surface area contributed by atoms with Crippen molar-refractivity contribution in [1.29, 1.82) is 0 Å². The molecule has 25 heavy (non-hydrogen) atoms. The van der Waals surface area contributed by atoms with Crippen LogP contribution >= 0.6 is 0 Å². The molecule has 5 nitrogen and oxygen atoms in total. The molecule has 2 aliphatic heterocycles. The van der Waals surface area contributed by atoms with Gasteiger partial charge in [-0.05, 0) is 72.0 Å². The van der Waals surface area contributed by atoms with Crippen molar-refractivity contribution in [3.05, 3.63) is 27.9 Å². The van der Waals surface area contributed by atoms with E-state index in [-0.39, 0.29) is 5.56 Å². The molecule has 0 aromatic carbocycles. The van der Waals surface area contributed by atoms with Crippen LogP contribution in [0.2, 0.25) is 0 Å². The van der Waals surface area contributed by atoms with Crippen molar-refractivity contribution in [1.82, 2.24) is 19.8 Å². The molecule has 3 aliphatic rings. The van der Waals surface area contributed by atoms with Gasteiger partial charge < -0.3 is 9.88 Å². The molecule has 1 saturated carbocycles. The summed E-state index contributed by atoms with van der Waals surface area (Å²) in [6.45, 7) is 9.33. The van der Waals surface area contributed by atoms with Crippen LogP contribution in [-0.2, 0) is 0 Å². The number of nitrogens with zero attached hydrogens (tertiary/aromatic N) is 3. The van der Waals surface area contributed by atoms with Crippen molar-refractivity contribution in [3.63, 3.8) is 0 Å². The van der Waals surface area contributed by atoms with Gasteiger partial charge >= 0.3 is 0 Å². The third-order valence-corrected chi connectivity index (χ3v) is 6.36. The van der Waals surface area contributed by atoms with Gasteiger partial charge in [-0.3, -0.25) is 9.69 Å². The summed E-state index contributed by atoms with van der Waals surface area (Å²) in [6.07, 6.45) is 7.31. The molecule has 1 aromatic rings. The maximum absolute atomic E-state index is 12.1. The molecule has 0 bridgehead atoms. The van der Waals surface area contributed by atoms with Gasteiger partial charge in [0.05, 0.1) is 5.69 Å². The van der Waals surface area contributed by atoms with Gasteiger partial charge in [0.2, 0.25) is 0 Å². The minimum Gasteiger partial charge on any atom is -0.310 e. The third-order valence-electron chi connectivity index (χ3n) is 6.36. The molecule has 5 heteroatoms. The van der Waals surface area contributed by atoms with Gasteiger partial charge in [0.25, 0.3) is 5.56 Å². The second-order valence-electron chi connectivity index (χ2n) is 8.52. The average Bonchev–Trinajstić information content (AvgIpc) is 3.46. The lowest BCUT2D eigenvalue weighted by molar-refractivity contribution is 0.0728. The molecule has 0 radical (unpaired) electrons. The van der Waals surface area contributed by atoms with Crippen LogP contribution in [0.25, 0.3) is 0 Å². The number of nitrogens with one attached hydrogen (secondary N) is 1. The van der Waals surface area contributed by atoms with E-state index >= 15 is 0 Å². The number of hydrogen-bond acceptors (Lipinski definition) is 4. The summed E-state index contributed by atoms with van der Waals surface area (Å²) in [5.74, 6) is 1.87. The summed E-state index contributed by atoms with van der Waals surface area (Å²) >= 11 is 0. The number of aromatic nitrogens is 2. The quantitative estimate of drug-likeness (QED) is 0.912. The lowest BCUT2D eigenvalue weighted by Gasteiger charge is -2.43. The number of hydrogen-bond donors (Lipinski definition) is 1. The summed E-state index contributed by atoms with van der Waals surface area (Å²) in [5, 5.41) is 0. The second-order valence-corrected chi connectivity index (χ2v) is 8.52. The molecule has 138 valence electrons. The number of piperidine rings is 2. The van der Waals surface area contributed by atoms with Crippen LogP contribution in [0.15, 0.2) is 10.9 Å². The molecule has 4 rings (SSSR count). The fraction of sp³-hybridized carbons (Fsp3) is 0.800. The fourth-order valence-electron chi connectivity index (χ4n) is 4.60. The van der Waals surface area contributed by atoms with E-state index in [2.05, 4.69) is 28.6 Å². The van der Waals surface area contributed by atoms with Crippen LogP contribution in [0.1, 0.15) is 75.7 Å². The zero-order valence-electron chi connectivity index (χ0n) is 15.7. The molecule has 3 fully saturated rings. The van der Waals surface area contributed by atoms with Crippen molar-refractivity contribution >= 4 is 0 Å². The van der Waals surface area contributed by atoms with Gasteiger partial charge in [0.15, 0.2) is 0 Å². The Morgan fingerprint density at radius 2 is 1.84 bits per heavy atom. The average molecular weight is 345 g/mol. The maximum Gasteiger partial charge on any atom is 0.251 e. The molecular weight excluding hydrogens is 312 g/mol. The molecule has 1 atom stereocenters. The van der Waals surface area contributed by atoms with Crippen LogP contribution in [0.3, 0.4) is 0 Å². The Balaban J connectivity index is 1.42. The van der Waals surface area contributed by atoms with Crippen LogP contribution < -0.4 is 5.56 Å². The summed E-state index contributed by atoms with van der Waals surface area (Å²) in [4.78, 5) is 25.1. The highest BCUT2D eigenvalue weighted by molar-refractivity contribution is 5.15. The predicted molar refractivity (Wildman–Crippen MR) is 100 cm³/mol.